The lowest BCUT2D eigenvalue weighted by Gasteiger charge is -2.35. The molecule has 0 aliphatic heterocycles. The molecule has 42 heavy (non-hydrogen) atoms. The van der Waals surface area contributed by atoms with Gasteiger partial charge in [0.05, 0.1) is 30.7 Å². The molecular weight excluding hydrogens is 640 g/mol. The van der Waals surface area contributed by atoms with Crippen molar-refractivity contribution in [3.05, 3.63) is 91.9 Å². The SMILES string of the molecule is CCC(C(=O)NC(C)(C)C)N(Cc1ccc(Cl)c(Cl)c1)C(=O)CN(c1ccc(Cl)c(Cl)c1)S(=O)(=O)c1ccc(C)cc1. The van der Waals surface area contributed by atoms with Gasteiger partial charge in [0.15, 0.2) is 0 Å². The van der Waals surface area contributed by atoms with Gasteiger partial charge in [0.25, 0.3) is 10.0 Å². The first-order valence-electron chi connectivity index (χ1n) is 13.1. The second-order valence-corrected chi connectivity index (χ2v) is 14.3. The number of carbonyl (C=O) groups is 2. The van der Waals surface area contributed by atoms with Crippen molar-refractivity contribution in [1.29, 1.82) is 0 Å². The average molecular weight is 673 g/mol. The van der Waals surface area contributed by atoms with Crippen molar-refractivity contribution < 1.29 is 18.0 Å². The Bertz CT molecular complexity index is 1560. The van der Waals surface area contributed by atoms with E-state index in [4.69, 9.17) is 46.4 Å². The number of halogens is 4. The fourth-order valence-electron chi connectivity index (χ4n) is 4.21. The first-order chi connectivity index (χ1) is 19.5. The summed E-state index contributed by atoms with van der Waals surface area (Å²) >= 11 is 24.7. The molecule has 0 heterocycles. The molecule has 0 spiro atoms. The number of anilines is 1. The van der Waals surface area contributed by atoms with Gasteiger partial charge in [-0.2, -0.15) is 0 Å². The topological polar surface area (TPSA) is 86.8 Å². The third-order valence-electron chi connectivity index (χ3n) is 6.30. The number of nitrogens with one attached hydrogen (secondary N) is 1. The third-order valence-corrected chi connectivity index (χ3v) is 9.57. The molecule has 3 aromatic rings. The molecular formula is C30H33Cl4N3O4S. The summed E-state index contributed by atoms with van der Waals surface area (Å²) in [6.45, 7) is 8.49. The zero-order valence-electron chi connectivity index (χ0n) is 23.9. The zero-order chi connectivity index (χ0) is 31.4. The number of rotatable bonds is 10. The molecule has 2 amide bonds. The van der Waals surface area contributed by atoms with Crippen molar-refractivity contribution in [1.82, 2.24) is 10.2 Å². The lowest BCUT2D eigenvalue weighted by molar-refractivity contribution is -0.141. The molecule has 7 nitrogen and oxygen atoms in total. The Morgan fingerprint density at radius 1 is 0.857 bits per heavy atom. The van der Waals surface area contributed by atoms with Gasteiger partial charge in [-0.3, -0.25) is 13.9 Å². The summed E-state index contributed by atoms with van der Waals surface area (Å²) in [6.07, 6.45) is 0.270. The molecule has 0 aliphatic carbocycles. The van der Waals surface area contributed by atoms with Gasteiger partial charge in [-0.15, -0.1) is 0 Å². The summed E-state index contributed by atoms with van der Waals surface area (Å²) < 4.78 is 28.9. The highest BCUT2D eigenvalue weighted by atomic mass is 35.5. The fourth-order valence-corrected chi connectivity index (χ4v) is 6.23. The zero-order valence-corrected chi connectivity index (χ0v) is 27.8. The van der Waals surface area contributed by atoms with E-state index in [1.165, 1.54) is 35.2 Å². The molecule has 0 aliphatic rings. The minimum atomic E-state index is -4.25. The van der Waals surface area contributed by atoms with Gasteiger partial charge in [-0.1, -0.05) is 77.1 Å². The van der Waals surface area contributed by atoms with Crippen LogP contribution in [0.1, 0.15) is 45.2 Å². The lowest BCUT2D eigenvalue weighted by atomic mass is 10.1. The Kier molecular flexibility index (Phi) is 11.2. The van der Waals surface area contributed by atoms with E-state index < -0.39 is 34.1 Å². The molecule has 0 saturated heterocycles. The minimum absolute atomic E-state index is 0.0134. The van der Waals surface area contributed by atoms with Crippen LogP contribution in [0.3, 0.4) is 0 Å². The maximum atomic E-state index is 14.2. The van der Waals surface area contributed by atoms with Crippen molar-refractivity contribution in [2.45, 2.75) is 64.1 Å². The fraction of sp³-hybridized carbons (Fsp3) is 0.333. The molecule has 3 rings (SSSR count). The number of hydrogen-bond acceptors (Lipinski definition) is 4. The summed E-state index contributed by atoms with van der Waals surface area (Å²) in [5.74, 6) is -0.986. The van der Waals surface area contributed by atoms with Crippen molar-refractivity contribution in [3.63, 3.8) is 0 Å². The van der Waals surface area contributed by atoms with Crippen LogP contribution in [0, 0.1) is 6.92 Å². The molecule has 1 atom stereocenters. The average Bonchev–Trinajstić information content (AvgIpc) is 2.90. The Morgan fingerprint density at radius 2 is 1.43 bits per heavy atom. The van der Waals surface area contributed by atoms with Gasteiger partial charge >= 0.3 is 0 Å². The number of hydrogen-bond donors (Lipinski definition) is 1. The summed E-state index contributed by atoms with van der Waals surface area (Å²) in [5, 5.41) is 3.90. The van der Waals surface area contributed by atoms with E-state index in [-0.39, 0.29) is 44.5 Å². The predicted octanol–water partition coefficient (Wildman–Crippen LogP) is 7.53. The summed E-state index contributed by atoms with van der Waals surface area (Å²) in [4.78, 5) is 28.9. The van der Waals surface area contributed by atoms with E-state index in [0.29, 0.717) is 10.6 Å². The standard InChI is InChI=1S/C30H33Cl4N3O4S/c1-6-27(29(39)35-30(3,4)5)36(17-20-9-13-23(31)25(33)15-20)28(38)18-37(21-10-14-24(32)26(34)16-21)42(40,41)22-11-7-19(2)8-12-22/h7-16,27H,6,17-18H2,1-5H3,(H,35,39). The molecule has 0 fully saturated rings. The quantitative estimate of drug-likeness (QED) is 0.241. The molecule has 1 N–H and O–H groups in total. The van der Waals surface area contributed by atoms with E-state index in [1.807, 2.05) is 27.7 Å². The molecule has 0 saturated carbocycles. The maximum absolute atomic E-state index is 14.2. The smallest absolute Gasteiger partial charge is 0.264 e. The first kappa shape index (κ1) is 34.0. The van der Waals surface area contributed by atoms with Crippen LogP contribution in [0.5, 0.6) is 0 Å². The van der Waals surface area contributed by atoms with E-state index >= 15 is 0 Å². The summed E-state index contributed by atoms with van der Waals surface area (Å²) in [7, 11) is -4.25. The minimum Gasteiger partial charge on any atom is -0.350 e. The second kappa shape index (κ2) is 13.9. The van der Waals surface area contributed by atoms with Crippen LogP contribution < -0.4 is 9.62 Å². The predicted molar refractivity (Wildman–Crippen MR) is 171 cm³/mol. The highest BCUT2D eigenvalue weighted by Crippen LogP contribution is 2.31. The number of carbonyl (C=O) groups excluding carboxylic acids is 2. The van der Waals surface area contributed by atoms with E-state index in [2.05, 4.69) is 5.32 Å². The normalized spacial score (nSPS) is 12.5. The van der Waals surface area contributed by atoms with Crippen molar-refractivity contribution in [2.24, 2.45) is 0 Å². The number of amides is 2. The number of benzene rings is 3. The Balaban J connectivity index is 2.11. The third kappa shape index (κ3) is 8.54. The van der Waals surface area contributed by atoms with Crippen LogP contribution in [0.25, 0.3) is 0 Å². The maximum Gasteiger partial charge on any atom is 0.264 e. The Morgan fingerprint density at radius 3 is 1.95 bits per heavy atom. The largest absolute Gasteiger partial charge is 0.350 e. The number of aryl methyl sites for hydroxylation is 1. The van der Waals surface area contributed by atoms with Crippen LogP contribution in [-0.4, -0.2) is 43.3 Å². The molecule has 1 unspecified atom stereocenters. The lowest BCUT2D eigenvalue weighted by Crippen LogP contribution is -2.55. The molecule has 3 aromatic carbocycles. The molecule has 0 aromatic heterocycles. The molecule has 0 bridgehead atoms. The van der Waals surface area contributed by atoms with E-state index in [1.54, 1.807) is 37.3 Å². The van der Waals surface area contributed by atoms with Gasteiger partial charge < -0.3 is 10.2 Å². The van der Waals surface area contributed by atoms with Gasteiger partial charge in [0.1, 0.15) is 12.6 Å². The summed E-state index contributed by atoms with van der Waals surface area (Å²) in [5.41, 5.74) is 1.06. The molecule has 12 heteroatoms. The van der Waals surface area contributed by atoms with Gasteiger partial charge in [0.2, 0.25) is 11.8 Å². The van der Waals surface area contributed by atoms with Gasteiger partial charge in [-0.25, -0.2) is 8.42 Å². The van der Waals surface area contributed by atoms with Crippen molar-refractivity contribution in [3.8, 4) is 0 Å². The Labute approximate surface area is 267 Å². The second-order valence-electron chi connectivity index (χ2n) is 10.9. The monoisotopic (exact) mass is 671 g/mol. The Hall–Kier alpha value is -2.49. The van der Waals surface area contributed by atoms with Crippen LogP contribution in [0.15, 0.2) is 65.6 Å². The highest BCUT2D eigenvalue weighted by molar-refractivity contribution is 7.92. The highest BCUT2D eigenvalue weighted by Gasteiger charge is 2.35. The number of sulfonamides is 1. The van der Waals surface area contributed by atoms with E-state index in [0.717, 1.165) is 9.87 Å². The van der Waals surface area contributed by atoms with Gasteiger partial charge in [-0.05, 0) is 82.1 Å². The van der Waals surface area contributed by atoms with Crippen molar-refractivity contribution in [2.75, 3.05) is 10.8 Å². The van der Waals surface area contributed by atoms with Crippen LogP contribution in [0.2, 0.25) is 20.1 Å². The molecule has 226 valence electrons. The van der Waals surface area contributed by atoms with Crippen LogP contribution in [-0.2, 0) is 26.2 Å². The number of nitrogens with zero attached hydrogens (tertiary/aromatic N) is 2. The van der Waals surface area contributed by atoms with Crippen molar-refractivity contribution >= 4 is 73.9 Å². The first-order valence-corrected chi connectivity index (χ1v) is 16.1. The summed E-state index contributed by atoms with van der Waals surface area (Å²) in [6, 6.07) is 14.6. The van der Waals surface area contributed by atoms with Crippen LogP contribution in [0.4, 0.5) is 5.69 Å². The van der Waals surface area contributed by atoms with E-state index in [9.17, 15) is 18.0 Å². The van der Waals surface area contributed by atoms with Crippen LogP contribution >= 0.6 is 46.4 Å². The van der Waals surface area contributed by atoms with Gasteiger partial charge in [0, 0.05) is 12.1 Å². The molecule has 0 radical (unpaired) electrons.